The van der Waals surface area contributed by atoms with E-state index in [0.717, 1.165) is 11.3 Å². The Bertz CT molecular complexity index is 955. The Morgan fingerprint density at radius 1 is 1.04 bits per heavy atom. The van der Waals surface area contributed by atoms with E-state index in [0.29, 0.717) is 5.56 Å². The number of hydrogen-bond acceptors (Lipinski definition) is 3. The standard InChI is InChI=1S/C22H21N3O2/c1-14(2)25-19-12-8-7-11-17(19)20(22(25)27)18(13-23)21(26)24-15(3)16-9-5-4-6-10-16/h4-12,14-15H,1-3H3,(H,24,26). The fourth-order valence-corrected chi connectivity index (χ4v) is 3.31. The van der Waals surface area contributed by atoms with E-state index < -0.39 is 5.91 Å². The molecule has 0 fully saturated rings. The Kier molecular flexibility index (Phi) is 5.09. The highest BCUT2D eigenvalue weighted by molar-refractivity contribution is 6.37. The molecular formula is C22H21N3O2. The van der Waals surface area contributed by atoms with E-state index in [1.165, 1.54) is 0 Å². The molecule has 0 aliphatic carbocycles. The Morgan fingerprint density at radius 3 is 2.30 bits per heavy atom. The molecule has 1 atom stereocenters. The quantitative estimate of drug-likeness (QED) is 0.670. The number of benzene rings is 2. The van der Waals surface area contributed by atoms with Crippen molar-refractivity contribution in [3.05, 3.63) is 71.3 Å². The molecule has 0 spiro atoms. The van der Waals surface area contributed by atoms with E-state index in [9.17, 15) is 14.9 Å². The molecule has 0 saturated heterocycles. The number of para-hydroxylation sites is 1. The Balaban J connectivity index is 2.01. The first kappa shape index (κ1) is 18.4. The highest BCUT2D eigenvalue weighted by Gasteiger charge is 2.37. The van der Waals surface area contributed by atoms with Crippen LogP contribution in [0, 0.1) is 11.3 Å². The van der Waals surface area contributed by atoms with E-state index in [2.05, 4.69) is 5.32 Å². The van der Waals surface area contributed by atoms with E-state index >= 15 is 0 Å². The van der Waals surface area contributed by atoms with Crippen molar-refractivity contribution in [1.82, 2.24) is 5.32 Å². The van der Waals surface area contributed by atoms with Gasteiger partial charge in [-0.25, -0.2) is 0 Å². The van der Waals surface area contributed by atoms with Crippen LogP contribution in [0.25, 0.3) is 5.57 Å². The van der Waals surface area contributed by atoms with Gasteiger partial charge in [0.25, 0.3) is 11.8 Å². The van der Waals surface area contributed by atoms with Gasteiger partial charge in [-0.05, 0) is 32.4 Å². The average molecular weight is 359 g/mol. The van der Waals surface area contributed by atoms with E-state index in [-0.39, 0.29) is 29.1 Å². The summed E-state index contributed by atoms with van der Waals surface area (Å²) in [5.41, 5.74) is 2.28. The fourth-order valence-electron chi connectivity index (χ4n) is 3.31. The molecule has 0 saturated carbocycles. The second-order valence-corrected chi connectivity index (χ2v) is 6.75. The van der Waals surface area contributed by atoms with Crippen LogP contribution in [0.2, 0.25) is 0 Å². The summed E-state index contributed by atoms with van der Waals surface area (Å²) < 4.78 is 0. The van der Waals surface area contributed by atoms with Crippen LogP contribution in [0.5, 0.6) is 0 Å². The van der Waals surface area contributed by atoms with Gasteiger partial charge in [-0.1, -0.05) is 48.5 Å². The summed E-state index contributed by atoms with van der Waals surface area (Å²) in [4.78, 5) is 27.4. The van der Waals surface area contributed by atoms with Crippen molar-refractivity contribution in [2.24, 2.45) is 0 Å². The largest absolute Gasteiger partial charge is 0.345 e. The van der Waals surface area contributed by atoms with Crippen LogP contribution in [0.4, 0.5) is 5.69 Å². The number of anilines is 1. The molecule has 5 nitrogen and oxygen atoms in total. The first-order valence-corrected chi connectivity index (χ1v) is 8.88. The summed E-state index contributed by atoms with van der Waals surface area (Å²) in [6.45, 7) is 5.65. The minimum atomic E-state index is -0.544. The minimum absolute atomic E-state index is 0.0811. The molecule has 5 heteroatoms. The van der Waals surface area contributed by atoms with Crippen molar-refractivity contribution in [1.29, 1.82) is 5.26 Å². The zero-order chi connectivity index (χ0) is 19.6. The molecule has 1 aliphatic rings. The van der Waals surface area contributed by atoms with Crippen LogP contribution in [-0.2, 0) is 9.59 Å². The number of hydrogen-bond donors (Lipinski definition) is 1. The summed E-state index contributed by atoms with van der Waals surface area (Å²) in [5, 5.41) is 12.5. The highest BCUT2D eigenvalue weighted by atomic mass is 16.2. The lowest BCUT2D eigenvalue weighted by Crippen LogP contribution is -2.34. The van der Waals surface area contributed by atoms with Gasteiger partial charge in [-0.2, -0.15) is 5.26 Å². The SMILES string of the molecule is CC(NC(=O)C(C#N)=C1C(=O)N(C(C)C)c2ccccc21)c1ccccc1. The number of carbonyl (C=O) groups excluding carboxylic acids is 2. The van der Waals surface area contributed by atoms with Crippen molar-refractivity contribution >= 4 is 23.1 Å². The lowest BCUT2D eigenvalue weighted by atomic mass is 10.0. The highest BCUT2D eigenvalue weighted by Crippen LogP contribution is 2.39. The van der Waals surface area contributed by atoms with Gasteiger partial charge in [-0.15, -0.1) is 0 Å². The number of nitrogens with zero attached hydrogens (tertiary/aromatic N) is 2. The van der Waals surface area contributed by atoms with Crippen molar-refractivity contribution < 1.29 is 9.59 Å². The van der Waals surface area contributed by atoms with Crippen molar-refractivity contribution in [2.45, 2.75) is 32.9 Å². The Hall–Kier alpha value is -3.39. The minimum Gasteiger partial charge on any atom is -0.345 e. The molecule has 2 amide bonds. The molecule has 1 N–H and O–H groups in total. The molecule has 2 aromatic carbocycles. The number of nitriles is 1. The number of rotatable bonds is 4. The topological polar surface area (TPSA) is 73.2 Å². The maximum Gasteiger partial charge on any atom is 0.263 e. The van der Waals surface area contributed by atoms with Gasteiger partial charge in [0.05, 0.1) is 17.3 Å². The molecule has 1 aliphatic heterocycles. The number of nitrogens with one attached hydrogen (secondary N) is 1. The first-order chi connectivity index (χ1) is 13.0. The van der Waals surface area contributed by atoms with E-state index in [1.54, 1.807) is 17.0 Å². The van der Waals surface area contributed by atoms with Crippen LogP contribution in [0.3, 0.4) is 0 Å². The summed E-state index contributed by atoms with van der Waals surface area (Å²) in [6, 6.07) is 18.3. The van der Waals surface area contributed by atoms with Gasteiger partial charge in [0, 0.05) is 11.6 Å². The third-order valence-electron chi connectivity index (χ3n) is 4.62. The fraction of sp³-hybridized carbons (Fsp3) is 0.227. The molecular weight excluding hydrogens is 338 g/mol. The lowest BCUT2D eigenvalue weighted by Gasteiger charge is -2.21. The number of fused-ring (bicyclic) bond motifs is 1. The Morgan fingerprint density at radius 2 is 1.67 bits per heavy atom. The van der Waals surface area contributed by atoms with Gasteiger partial charge < -0.3 is 10.2 Å². The third kappa shape index (κ3) is 3.34. The van der Waals surface area contributed by atoms with Gasteiger partial charge in [0.1, 0.15) is 11.6 Å². The first-order valence-electron chi connectivity index (χ1n) is 8.88. The second kappa shape index (κ2) is 7.46. The maximum atomic E-state index is 13.0. The predicted octanol–water partition coefficient (Wildman–Crippen LogP) is 3.60. The Labute approximate surface area is 158 Å². The van der Waals surface area contributed by atoms with Crippen molar-refractivity contribution in [2.75, 3.05) is 4.90 Å². The third-order valence-corrected chi connectivity index (χ3v) is 4.62. The van der Waals surface area contributed by atoms with Crippen molar-refractivity contribution in [3.63, 3.8) is 0 Å². The molecule has 3 rings (SSSR count). The molecule has 136 valence electrons. The zero-order valence-corrected chi connectivity index (χ0v) is 15.6. The van der Waals surface area contributed by atoms with E-state index in [4.69, 9.17) is 0 Å². The van der Waals surface area contributed by atoms with Crippen molar-refractivity contribution in [3.8, 4) is 6.07 Å². The van der Waals surface area contributed by atoms with Gasteiger partial charge in [0.2, 0.25) is 0 Å². The molecule has 0 radical (unpaired) electrons. The monoisotopic (exact) mass is 359 g/mol. The molecule has 2 aromatic rings. The smallest absolute Gasteiger partial charge is 0.263 e. The second-order valence-electron chi connectivity index (χ2n) is 6.75. The molecule has 0 aromatic heterocycles. The molecule has 1 heterocycles. The molecule has 27 heavy (non-hydrogen) atoms. The number of amides is 2. The summed E-state index contributed by atoms with van der Waals surface area (Å²) in [6.07, 6.45) is 0. The van der Waals surface area contributed by atoms with E-state index in [1.807, 2.05) is 69.3 Å². The molecule has 1 unspecified atom stereocenters. The lowest BCUT2D eigenvalue weighted by molar-refractivity contribution is -0.118. The van der Waals surface area contributed by atoms with Crippen LogP contribution >= 0.6 is 0 Å². The zero-order valence-electron chi connectivity index (χ0n) is 15.6. The maximum absolute atomic E-state index is 13.0. The van der Waals surface area contributed by atoms with Gasteiger partial charge in [-0.3, -0.25) is 9.59 Å². The van der Waals surface area contributed by atoms with Crippen LogP contribution in [0.1, 0.15) is 37.9 Å². The summed E-state index contributed by atoms with van der Waals surface area (Å²) in [7, 11) is 0. The average Bonchev–Trinajstić information content (AvgIpc) is 2.95. The summed E-state index contributed by atoms with van der Waals surface area (Å²) in [5.74, 6) is -0.858. The van der Waals surface area contributed by atoms with Gasteiger partial charge >= 0.3 is 0 Å². The van der Waals surface area contributed by atoms with Crippen LogP contribution in [-0.4, -0.2) is 17.9 Å². The van der Waals surface area contributed by atoms with Gasteiger partial charge in [0.15, 0.2) is 0 Å². The molecule has 0 bridgehead atoms. The predicted molar refractivity (Wildman–Crippen MR) is 105 cm³/mol. The summed E-state index contributed by atoms with van der Waals surface area (Å²) >= 11 is 0. The van der Waals surface area contributed by atoms with Crippen LogP contribution < -0.4 is 10.2 Å². The van der Waals surface area contributed by atoms with Crippen LogP contribution in [0.15, 0.2) is 60.2 Å². The normalized spacial score (nSPS) is 16.0. The number of carbonyl (C=O) groups is 2.